The van der Waals surface area contributed by atoms with Crippen molar-refractivity contribution in [2.24, 2.45) is 5.92 Å². The van der Waals surface area contributed by atoms with E-state index >= 15 is 0 Å². The van der Waals surface area contributed by atoms with Crippen LogP contribution in [0.4, 0.5) is 0 Å². The first kappa shape index (κ1) is 9.21. The molecule has 0 radical (unpaired) electrons. The second-order valence-electron chi connectivity index (χ2n) is 4.78. The fourth-order valence-electron chi connectivity index (χ4n) is 3.07. The molecule has 3 atom stereocenters. The molecular formula is C11H17N3O. The number of likely N-dealkylation sites (N-methyl/N-ethyl adjacent to an activating group) is 1. The highest BCUT2D eigenvalue weighted by molar-refractivity contribution is 5.84. The van der Waals surface area contributed by atoms with Gasteiger partial charge in [-0.15, -0.1) is 0 Å². The van der Waals surface area contributed by atoms with Crippen LogP contribution in [0.5, 0.6) is 0 Å². The summed E-state index contributed by atoms with van der Waals surface area (Å²) < 4.78 is 0. The van der Waals surface area contributed by atoms with Gasteiger partial charge in [0.05, 0.1) is 0 Å². The summed E-state index contributed by atoms with van der Waals surface area (Å²) in [5, 5.41) is 2.02. The highest BCUT2D eigenvalue weighted by Gasteiger charge is 2.47. The van der Waals surface area contributed by atoms with E-state index in [2.05, 4.69) is 5.43 Å². The molecule has 0 spiro atoms. The van der Waals surface area contributed by atoms with Crippen molar-refractivity contribution in [3.8, 4) is 0 Å². The average Bonchev–Trinajstić information content (AvgIpc) is 2.62. The van der Waals surface area contributed by atoms with Gasteiger partial charge in [0, 0.05) is 31.4 Å². The summed E-state index contributed by atoms with van der Waals surface area (Å²) >= 11 is 0. The Morgan fingerprint density at radius 2 is 2.13 bits per heavy atom. The quantitative estimate of drug-likeness (QED) is 0.634. The summed E-state index contributed by atoms with van der Waals surface area (Å²) in [5.74, 6) is 0.748. The third kappa shape index (κ3) is 1.28. The molecule has 82 valence electrons. The first-order valence-electron chi connectivity index (χ1n) is 5.77. The van der Waals surface area contributed by atoms with Gasteiger partial charge in [-0.3, -0.25) is 4.79 Å². The molecule has 3 aliphatic rings. The Hall–Kier alpha value is -1.03. The largest absolute Gasteiger partial charge is 0.319 e. The van der Waals surface area contributed by atoms with Crippen LogP contribution in [0, 0.1) is 5.92 Å². The maximum atomic E-state index is 12.1. The molecule has 15 heavy (non-hydrogen) atoms. The van der Waals surface area contributed by atoms with E-state index in [1.165, 1.54) is 25.7 Å². The van der Waals surface area contributed by atoms with Crippen LogP contribution < -0.4 is 5.43 Å². The van der Waals surface area contributed by atoms with Crippen LogP contribution in [0.25, 0.3) is 0 Å². The molecule has 1 aliphatic carbocycles. The molecule has 3 rings (SSSR count). The second-order valence-corrected chi connectivity index (χ2v) is 4.78. The highest BCUT2D eigenvalue weighted by Crippen LogP contribution is 2.36. The average molecular weight is 207 g/mol. The molecule has 1 saturated heterocycles. The minimum absolute atomic E-state index is 0.0466. The number of hydrogen-bond acceptors (Lipinski definition) is 3. The fraction of sp³-hybridized carbons (Fsp3) is 0.727. The topological polar surface area (TPSA) is 35.6 Å². The zero-order valence-corrected chi connectivity index (χ0v) is 9.02. The van der Waals surface area contributed by atoms with E-state index in [0.29, 0.717) is 12.0 Å². The minimum atomic E-state index is 0.0466. The lowest BCUT2D eigenvalue weighted by Crippen LogP contribution is -2.48. The van der Waals surface area contributed by atoms with E-state index < -0.39 is 0 Å². The molecule has 1 N–H and O–H groups in total. The lowest BCUT2D eigenvalue weighted by molar-refractivity contribution is -0.134. The summed E-state index contributed by atoms with van der Waals surface area (Å²) in [7, 11) is 1.84. The lowest BCUT2D eigenvalue weighted by atomic mass is 9.81. The predicted octanol–water partition coefficient (Wildman–Crippen LogP) is 0.677. The zero-order chi connectivity index (χ0) is 10.4. The number of nitrogens with zero attached hydrogens (tertiary/aromatic N) is 2. The Bertz CT molecular complexity index is 315. The Balaban J connectivity index is 1.89. The summed E-state index contributed by atoms with van der Waals surface area (Å²) in [6.07, 6.45) is 8.79. The Morgan fingerprint density at radius 1 is 1.33 bits per heavy atom. The highest BCUT2D eigenvalue weighted by atomic mass is 16.2. The van der Waals surface area contributed by atoms with Crippen molar-refractivity contribution in [1.29, 1.82) is 0 Å². The Morgan fingerprint density at radius 3 is 3.00 bits per heavy atom. The van der Waals surface area contributed by atoms with Crippen LogP contribution in [0.2, 0.25) is 0 Å². The molecule has 2 heterocycles. The van der Waals surface area contributed by atoms with Gasteiger partial charge < -0.3 is 9.91 Å². The SMILES string of the molecule is CN1C=CN2NC3CCCCC3C2C1=O. The summed E-state index contributed by atoms with van der Waals surface area (Å²) in [6.45, 7) is 0. The number of nitrogens with one attached hydrogen (secondary N) is 1. The van der Waals surface area contributed by atoms with Crippen LogP contribution in [0.1, 0.15) is 25.7 Å². The van der Waals surface area contributed by atoms with Gasteiger partial charge in [-0.25, -0.2) is 5.43 Å². The number of carbonyl (C=O) groups excluding carboxylic acids is 1. The van der Waals surface area contributed by atoms with E-state index in [-0.39, 0.29) is 11.9 Å². The molecule has 4 heteroatoms. The number of fused-ring (bicyclic) bond motifs is 3. The van der Waals surface area contributed by atoms with E-state index in [0.717, 1.165) is 0 Å². The van der Waals surface area contributed by atoms with Crippen molar-refractivity contribution in [3.63, 3.8) is 0 Å². The zero-order valence-electron chi connectivity index (χ0n) is 9.02. The number of hydrazine groups is 1. The Labute approximate surface area is 89.9 Å². The smallest absolute Gasteiger partial charge is 0.250 e. The van der Waals surface area contributed by atoms with Crippen molar-refractivity contribution in [1.82, 2.24) is 15.3 Å². The predicted molar refractivity (Wildman–Crippen MR) is 56.4 cm³/mol. The van der Waals surface area contributed by atoms with Gasteiger partial charge >= 0.3 is 0 Å². The Kier molecular flexibility index (Phi) is 1.99. The molecule has 2 fully saturated rings. The van der Waals surface area contributed by atoms with Gasteiger partial charge in [0.25, 0.3) is 5.91 Å². The minimum Gasteiger partial charge on any atom is -0.319 e. The summed E-state index contributed by atoms with van der Waals surface area (Å²) in [6, 6.07) is 0.564. The molecule has 1 saturated carbocycles. The van der Waals surface area contributed by atoms with Gasteiger partial charge in [-0.2, -0.15) is 0 Å². The third-order valence-electron chi connectivity index (χ3n) is 3.89. The first-order valence-corrected chi connectivity index (χ1v) is 5.77. The maximum Gasteiger partial charge on any atom is 0.250 e. The fourth-order valence-corrected chi connectivity index (χ4v) is 3.07. The number of hydrogen-bond donors (Lipinski definition) is 1. The molecule has 0 aromatic heterocycles. The number of rotatable bonds is 0. The van der Waals surface area contributed by atoms with E-state index in [9.17, 15) is 4.79 Å². The van der Waals surface area contributed by atoms with Gasteiger partial charge in [0.2, 0.25) is 0 Å². The van der Waals surface area contributed by atoms with Gasteiger partial charge in [0.15, 0.2) is 0 Å². The lowest BCUT2D eigenvalue weighted by Gasteiger charge is -2.32. The van der Waals surface area contributed by atoms with Crippen molar-refractivity contribution in [3.05, 3.63) is 12.4 Å². The van der Waals surface area contributed by atoms with Crippen LogP contribution >= 0.6 is 0 Å². The number of amides is 1. The molecule has 1 amide bonds. The van der Waals surface area contributed by atoms with E-state index in [1.807, 2.05) is 24.5 Å². The van der Waals surface area contributed by atoms with Gasteiger partial charge in [0.1, 0.15) is 6.04 Å². The molecule has 0 aromatic rings. The van der Waals surface area contributed by atoms with Crippen LogP contribution in [0.15, 0.2) is 12.4 Å². The monoisotopic (exact) mass is 207 g/mol. The van der Waals surface area contributed by atoms with Crippen LogP contribution in [-0.4, -0.2) is 34.9 Å². The van der Waals surface area contributed by atoms with E-state index in [4.69, 9.17) is 0 Å². The van der Waals surface area contributed by atoms with Crippen molar-refractivity contribution < 1.29 is 4.79 Å². The standard InChI is InChI=1S/C11H17N3O/c1-13-6-7-14-10(11(13)15)8-4-2-3-5-9(8)12-14/h6-10,12H,2-5H2,1H3. The molecular weight excluding hydrogens is 190 g/mol. The van der Waals surface area contributed by atoms with E-state index in [1.54, 1.807) is 4.90 Å². The molecule has 0 aromatic carbocycles. The van der Waals surface area contributed by atoms with Crippen LogP contribution in [0.3, 0.4) is 0 Å². The van der Waals surface area contributed by atoms with Crippen molar-refractivity contribution in [2.75, 3.05) is 7.05 Å². The van der Waals surface area contributed by atoms with Crippen LogP contribution in [-0.2, 0) is 4.79 Å². The molecule has 3 unspecified atom stereocenters. The van der Waals surface area contributed by atoms with Gasteiger partial charge in [-0.05, 0) is 12.8 Å². The third-order valence-corrected chi connectivity index (χ3v) is 3.89. The summed E-state index contributed by atoms with van der Waals surface area (Å²) in [5.41, 5.74) is 3.44. The van der Waals surface area contributed by atoms with Gasteiger partial charge in [-0.1, -0.05) is 12.8 Å². The molecule has 0 bridgehead atoms. The number of carbonyl (C=O) groups is 1. The maximum absolute atomic E-state index is 12.1. The second kappa shape index (κ2) is 3.23. The molecule has 2 aliphatic heterocycles. The van der Waals surface area contributed by atoms with Crippen molar-refractivity contribution >= 4 is 5.91 Å². The molecule has 4 nitrogen and oxygen atoms in total. The van der Waals surface area contributed by atoms with Crippen molar-refractivity contribution in [2.45, 2.75) is 37.8 Å². The summed E-state index contributed by atoms with van der Waals surface area (Å²) in [4.78, 5) is 13.8. The normalized spacial score (nSPS) is 39.3. The first-order chi connectivity index (χ1) is 7.27.